The molecule has 1 aliphatic heterocycles. The molecule has 0 atom stereocenters. The Bertz CT molecular complexity index is 552. The summed E-state index contributed by atoms with van der Waals surface area (Å²) in [5.74, 6) is 1.17. The number of hydrogen-bond donors (Lipinski definition) is 1. The molecule has 5 nitrogen and oxygen atoms in total. The van der Waals surface area contributed by atoms with E-state index in [1.165, 1.54) is 0 Å². The van der Waals surface area contributed by atoms with E-state index in [0.717, 1.165) is 19.4 Å². The summed E-state index contributed by atoms with van der Waals surface area (Å²) >= 11 is 0. The van der Waals surface area contributed by atoms with Crippen LogP contribution < -0.4 is 10.1 Å². The molecular formula is C15H24N2O3S. The normalized spacial score (nSPS) is 17.8. The van der Waals surface area contributed by atoms with E-state index >= 15 is 0 Å². The van der Waals surface area contributed by atoms with Crippen LogP contribution in [0.5, 0.6) is 5.75 Å². The van der Waals surface area contributed by atoms with Gasteiger partial charge in [-0.05, 0) is 51.4 Å². The zero-order chi connectivity index (χ0) is 15.3. The number of rotatable bonds is 6. The van der Waals surface area contributed by atoms with Gasteiger partial charge in [-0.25, -0.2) is 8.42 Å². The molecule has 0 aromatic heterocycles. The maximum atomic E-state index is 12.7. The third-order valence-electron chi connectivity index (χ3n) is 3.82. The van der Waals surface area contributed by atoms with Gasteiger partial charge in [-0.15, -0.1) is 0 Å². The van der Waals surface area contributed by atoms with Crippen molar-refractivity contribution in [2.45, 2.75) is 24.7 Å². The number of nitrogens with one attached hydrogen (secondary N) is 1. The van der Waals surface area contributed by atoms with Crippen LogP contribution in [0.1, 0.15) is 19.8 Å². The zero-order valence-corrected chi connectivity index (χ0v) is 13.5. The molecule has 2 rings (SSSR count). The minimum absolute atomic E-state index is 0.320. The predicted octanol–water partition coefficient (Wildman–Crippen LogP) is 1.71. The van der Waals surface area contributed by atoms with E-state index in [-0.39, 0.29) is 0 Å². The van der Waals surface area contributed by atoms with Crippen molar-refractivity contribution in [3.63, 3.8) is 0 Å². The van der Waals surface area contributed by atoms with E-state index in [1.807, 2.05) is 14.0 Å². The summed E-state index contributed by atoms with van der Waals surface area (Å²) in [5, 5.41) is 3.16. The van der Waals surface area contributed by atoms with Gasteiger partial charge >= 0.3 is 0 Å². The second kappa shape index (κ2) is 7.24. The van der Waals surface area contributed by atoms with Crippen molar-refractivity contribution in [1.29, 1.82) is 0 Å². The molecule has 0 unspecified atom stereocenters. The average Bonchev–Trinajstić information content (AvgIpc) is 2.49. The Balaban J connectivity index is 2.10. The molecule has 1 aliphatic rings. The van der Waals surface area contributed by atoms with Crippen LogP contribution in [0, 0.1) is 5.92 Å². The molecule has 21 heavy (non-hydrogen) atoms. The van der Waals surface area contributed by atoms with Crippen molar-refractivity contribution in [2.75, 3.05) is 33.3 Å². The van der Waals surface area contributed by atoms with Crippen molar-refractivity contribution >= 4 is 10.0 Å². The Morgan fingerprint density at radius 2 is 2.05 bits per heavy atom. The summed E-state index contributed by atoms with van der Waals surface area (Å²) in [6, 6.07) is 6.75. The fourth-order valence-corrected chi connectivity index (χ4v) is 4.19. The van der Waals surface area contributed by atoms with E-state index in [9.17, 15) is 8.42 Å². The van der Waals surface area contributed by atoms with Gasteiger partial charge in [-0.1, -0.05) is 6.07 Å². The molecule has 1 aromatic carbocycles. The van der Waals surface area contributed by atoms with Gasteiger partial charge in [0.2, 0.25) is 10.0 Å². The molecule has 0 spiro atoms. The molecule has 0 radical (unpaired) electrons. The summed E-state index contributed by atoms with van der Waals surface area (Å²) in [6.45, 7) is 4.54. The second-order valence-corrected chi connectivity index (χ2v) is 7.25. The first-order chi connectivity index (χ1) is 10.1. The van der Waals surface area contributed by atoms with Gasteiger partial charge in [0.1, 0.15) is 5.75 Å². The highest BCUT2D eigenvalue weighted by Gasteiger charge is 2.29. The smallest absolute Gasteiger partial charge is 0.243 e. The van der Waals surface area contributed by atoms with E-state index < -0.39 is 10.0 Å². The minimum Gasteiger partial charge on any atom is -0.494 e. The highest BCUT2D eigenvalue weighted by atomic mass is 32.2. The van der Waals surface area contributed by atoms with Crippen molar-refractivity contribution in [3.8, 4) is 5.75 Å². The summed E-state index contributed by atoms with van der Waals surface area (Å²) in [5.41, 5.74) is 0. The quantitative estimate of drug-likeness (QED) is 0.869. The van der Waals surface area contributed by atoms with E-state index in [4.69, 9.17) is 4.74 Å². The van der Waals surface area contributed by atoms with Gasteiger partial charge in [0.05, 0.1) is 11.5 Å². The Hall–Kier alpha value is -1.11. The molecule has 0 saturated carbocycles. The fraction of sp³-hybridized carbons (Fsp3) is 0.600. The summed E-state index contributed by atoms with van der Waals surface area (Å²) in [7, 11) is -1.48. The SMILES string of the molecule is CCOc1cccc(S(=O)(=O)N2CCC(CNC)CC2)c1. The van der Waals surface area contributed by atoms with E-state index in [2.05, 4.69) is 5.32 Å². The average molecular weight is 312 g/mol. The van der Waals surface area contributed by atoms with Gasteiger partial charge in [-0.2, -0.15) is 4.31 Å². The van der Waals surface area contributed by atoms with Gasteiger partial charge in [0.25, 0.3) is 0 Å². The van der Waals surface area contributed by atoms with Crippen molar-refractivity contribution in [3.05, 3.63) is 24.3 Å². The lowest BCUT2D eigenvalue weighted by Gasteiger charge is -2.31. The van der Waals surface area contributed by atoms with E-state index in [0.29, 0.717) is 36.3 Å². The van der Waals surface area contributed by atoms with Crippen molar-refractivity contribution in [2.24, 2.45) is 5.92 Å². The lowest BCUT2D eigenvalue weighted by atomic mass is 9.98. The Morgan fingerprint density at radius 3 is 2.67 bits per heavy atom. The number of ether oxygens (including phenoxy) is 1. The molecule has 1 N–H and O–H groups in total. The van der Waals surface area contributed by atoms with Gasteiger partial charge in [0, 0.05) is 19.2 Å². The fourth-order valence-electron chi connectivity index (χ4n) is 2.68. The summed E-state index contributed by atoms with van der Waals surface area (Å²) in [6.07, 6.45) is 1.82. The van der Waals surface area contributed by atoms with Gasteiger partial charge < -0.3 is 10.1 Å². The van der Waals surface area contributed by atoms with Crippen molar-refractivity contribution < 1.29 is 13.2 Å². The predicted molar refractivity (Wildman–Crippen MR) is 83.0 cm³/mol. The van der Waals surface area contributed by atoms with Crippen LogP contribution in [0.2, 0.25) is 0 Å². The van der Waals surface area contributed by atoms with Crippen LogP contribution in [-0.2, 0) is 10.0 Å². The molecule has 1 heterocycles. The minimum atomic E-state index is -3.41. The van der Waals surface area contributed by atoms with Crippen LogP contribution in [0.15, 0.2) is 29.2 Å². The molecule has 0 amide bonds. The molecular weight excluding hydrogens is 288 g/mol. The molecule has 0 bridgehead atoms. The Kier molecular flexibility index (Phi) is 5.61. The Morgan fingerprint density at radius 1 is 1.33 bits per heavy atom. The largest absolute Gasteiger partial charge is 0.494 e. The monoisotopic (exact) mass is 312 g/mol. The third-order valence-corrected chi connectivity index (χ3v) is 5.72. The number of piperidine rings is 1. The maximum Gasteiger partial charge on any atom is 0.243 e. The van der Waals surface area contributed by atoms with Crippen LogP contribution in [0.3, 0.4) is 0 Å². The van der Waals surface area contributed by atoms with Crippen LogP contribution >= 0.6 is 0 Å². The second-order valence-electron chi connectivity index (χ2n) is 5.31. The molecule has 1 aromatic rings. The van der Waals surface area contributed by atoms with Crippen LogP contribution in [0.25, 0.3) is 0 Å². The Labute approximate surface area is 127 Å². The van der Waals surface area contributed by atoms with Crippen LogP contribution in [-0.4, -0.2) is 46.0 Å². The third kappa shape index (κ3) is 3.96. The zero-order valence-electron chi connectivity index (χ0n) is 12.7. The van der Waals surface area contributed by atoms with Gasteiger partial charge in [-0.3, -0.25) is 0 Å². The first kappa shape index (κ1) is 16.3. The number of hydrogen-bond acceptors (Lipinski definition) is 4. The highest BCUT2D eigenvalue weighted by molar-refractivity contribution is 7.89. The molecule has 1 fully saturated rings. The van der Waals surface area contributed by atoms with Gasteiger partial charge in [0.15, 0.2) is 0 Å². The molecule has 6 heteroatoms. The summed E-state index contributed by atoms with van der Waals surface area (Å²) < 4.78 is 32.3. The first-order valence-corrected chi connectivity index (χ1v) is 8.89. The highest BCUT2D eigenvalue weighted by Crippen LogP contribution is 2.25. The maximum absolute atomic E-state index is 12.7. The van der Waals surface area contributed by atoms with E-state index in [1.54, 1.807) is 28.6 Å². The topological polar surface area (TPSA) is 58.6 Å². The number of nitrogens with zero attached hydrogens (tertiary/aromatic N) is 1. The number of sulfonamides is 1. The summed E-state index contributed by atoms with van der Waals surface area (Å²) in [4.78, 5) is 0.320. The van der Waals surface area contributed by atoms with Crippen molar-refractivity contribution in [1.82, 2.24) is 9.62 Å². The van der Waals surface area contributed by atoms with Crippen LogP contribution in [0.4, 0.5) is 0 Å². The number of benzene rings is 1. The molecule has 118 valence electrons. The standard InChI is InChI=1S/C15H24N2O3S/c1-3-20-14-5-4-6-15(11-14)21(18,19)17-9-7-13(8-10-17)12-16-2/h4-6,11,13,16H,3,7-10,12H2,1-2H3. The lowest BCUT2D eigenvalue weighted by Crippen LogP contribution is -2.40. The first-order valence-electron chi connectivity index (χ1n) is 7.45. The molecule has 0 aliphatic carbocycles. The lowest BCUT2D eigenvalue weighted by molar-refractivity contribution is 0.270. The molecule has 1 saturated heterocycles.